The highest BCUT2D eigenvalue weighted by Gasteiger charge is 2.39. The SMILES string of the molecule is CC[C@H](C)n1nc(C(F)(F)F)c(C#N)c1N. The van der Waals surface area contributed by atoms with Crippen molar-refractivity contribution in [2.75, 3.05) is 5.73 Å². The molecule has 0 bridgehead atoms. The second kappa shape index (κ2) is 4.04. The quantitative estimate of drug-likeness (QED) is 0.850. The summed E-state index contributed by atoms with van der Waals surface area (Å²) in [6, 6.07) is 1.17. The van der Waals surface area contributed by atoms with Crippen LogP contribution in [0.15, 0.2) is 0 Å². The number of nitrogens with zero attached hydrogens (tertiary/aromatic N) is 3. The molecule has 0 unspecified atom stereocenters. The van der Waals surface area contributed by atoms with E-state index in [1.54, 1.807) is 13.8 Å². The zero-order valence-corrected chi connectivity index (χ0v) is 8.84. The fourth-order valence-corrected chi connectivity index (χ4v) is 1.27. The van der Waals surface area contributed by atoms with Crippen molar-refractivity contribution in [1.82, 2.24) is 9.78 Å². The van der Waals surface area contributed by atoms with Gasteiger partial charge >= 0.3 is 6.18 Å². The van der Waals surface area contributed by atoms with E-state index < -0.39 is 17.4 Å². The number of alkyl halides is 3. The summed E-state index contributed by atoms with van der Waals surface area (Å²) in [7, 11) is 0. The Morgan fingerprint density at radius 1 is 1.56 bits per heavy atom. The molecule has 0 aliphatic rings. The van der Waals surface area contributed by atoms with Crippen molar-refractivity contribution in [3.05, 3.63) is 11.3 Å². The van der Waals surface area contributed by atoms with Gasteiger partial charge in [-0.05, 0) is 13.3 Å². The van der Waals surface area contributed by atoms with Crippen molar-refractivity contribution < 1.29 is 13.2 Å². The van der Waals surface area contributed by atoms with E-state index in [4.69, 9.17) is 11.0 Å². The first-order valence-corrected chi connectivity index (χ1v) is 4.68. The second-order valence-corrected chi connectivity index (χ2v) is 3.42. The van der Waals surface area contributed by atoms with Crippen molar-refractivity contribution in [3.8, 4) is 6.07 Å². The summed E-state index contributed by atoms with van der Waals surface area (Å²) in [6.07, 6.45) is -4.08. The molecule has 88 valence electrons. The molecule has 1 aromatic heterocycles. The normalized spacial score (nSPS) is 13.5. The van der Waals surface area contributed by atoms with Gasteiger partial charge in [-0.2, -0.15) is 23.5 Å². The number of nitrogen functional groups attached to an aromatic ring is 1. The van der Waals surface area contributed by atoms with Crippen LogP contribution in [-0.2, 0) is 6.18 Å². The van der Waals surface area contributed by atoms with E-state index in [0.717, 1.165) is 4.68 Å². The van der Waals surface area contributed by atoms with Crippen LogP contribution in [-0.4, -0.2) is 9.78 Å². The van der Waals surface area contributed by atoms with Crippen LogP contribution in [0.3, 0.4) is 0 Å². The van der Waals surface area contributed by atoms with Crippen molar-refractivity contribution in [1.29, 1.82) is 5.26 Å². The average Bonchev–Trinajstić information content (AvgIpc) is 2.53. The summed E-state index contributed by atoms with van der Waals surface area (Å²) in [4.78, 5) is 0. The Morgan fingerprint density at radius 2 is 2.12 bits per heavy atom. The molecular weight excluding hydrogens is 221 g/mol. The lowest BCUT2D eigenvalue weighted by Crippen LogP contribution is -2.11. The molecule has 0 amide bonds. The number of nitriles is 1. The van der Waals surface area contributed by atoms with Crippen LogP contribution in [0.5, 0.6) is 0 Å². The van der Waals surface area contributed by atoms with Crippen molar-refractivity contribution in [2.45, 2.75) is 32.5 Å². The van der Waals surface area contributed by atoms with Crippen LogP contribution >= 0.6 is 0 Å². The van der Waals surface area contributed by atoms with E-state index in [1.165, 1.54) is 6.07 Å². The number of hydrogen-bond acceptors (Lipinski definition) is 3. The zero-order chi connectivity index (χ0) is 12.5. The fourth-order valence-electron chi connectivity index (χ4n) is 1.27. The lowest BCUT2D eigenvalue weighted by Gasteiger charge is -2.10. The molecule has 1 atom stereocenters. The summed E-state index contributed by atoms with van der Waals surface area (Å²) in [6.45, 7) is 3.48. The first kappa shape index (κ1) is 12.4. The highest BCUT2D eigenvalue weighted by Crippen LogP contribution is 2.34. The van der Waals surface area contributed by atoms with Gasteiger partial charge in [-0.3, -0.25) is 0 Å². The highest BCUT2D eigenvalue weighted by molar-refractivity contribution is 5.53. The molecule has 0 saturated heterocycles. The van der Waals surface area contributed by atoms with E-state index in [9.17, 15) is 13.2 Å². The molecule has 0 fully saturated rings. The minimum absolute atomic E-state index is 0.232. The van der Waals surface area contributed by atoms with Gasteiger partial charge < -0.3 is 5.73 Å². The van der Waals surface area contributed by atoms with Crippen LogP contribution in [0.25, 0.3) is 0 Å². The molecule has 0 aromatic carbocycles. The van der Waals surface area contributed by atoms with Crippen LogP contribution in [0.2, 0.25) is 0 Å². The molecule has 0 aliphatic heterocycles. The van der Waals surface area contributed by atoms with E-state index >= 15 is 0 Å². The van der Waals surface area contributed by atoms with Crippen molar-refractivity contribution in [2.24, 2.45) is 0 Å². The smallest absolute Gasteiger partial charge is 0.383 e. The zero-order valence-electron chi connectivity index (χ0n) is 8.84. The van der Waals surface area contributed by atoms with Crippen molar-refractivity contribution in [3.63, 3.8) is 0 Å². The number of rotatable bonds is 2. The molecular formula is C9H11F3N4. The van der Waals surface area contributed by atoms with Crippen LogP contribution in [0.1, 0.15) is 37.6 Å². The number of anilines is 1. The highest BCUT2D eigenvalue weighted by atomic mass is 19.4. The molecule has 0 radical (unpaired) electrons. The molecule has 1 heterocycles. The summed E-state index contributed by atoms with van der Waals surface area (Å²) in [5.41, 5.74) is 3.65. The van der Waals surface area contributed by atoms with Gasteiger partial charge in [0.05, 0.1) is 6.04 Å². The Hall–Kier alpha value is -1.71. The Kier molecular flexibility index (Phi) is 3.12. The Balaban J connectivity index is 3.39. The minimum Gasteiger partial charge on any atom is -0.383 e. The third-order valence-electron chi connectivity index (χ3n) is 2.34. The van der Waals surface area contributed by atoms with E-state index in [-0.39, 0.29) is 11.9 Å². The van der Waals surface area contributed by atoms with Gasteiger partial charge in [0, 0.05) is 0 Å². The van der Waals surface area contributed by atoms with Gasteiger partial charge in [-0.1, -0.05) is 6.92 Å². The lowest BCUT2D eigenvalue weighted by molar-refractivity contribution is -0.141. The minimum atomic E-state index is -4.65. The van der Waals surface area contributed by atoms with Gasteiger partial charge in [-0.25, -0.2) is 4.68 Å². The number of aromatic nitrogens is 2. The van der Waals surface area contributed by atoms with E-state index in [0.29, 0.717) is 6.42 Å². The Morgan fingerprint density at radius 3 is 2.44 bits per heavy atom. The molecule has 1 aromatic rings. The van der Waals surface area contributed by atoms with E-state index in [1.807, 2.05) is 0 Å². The fraction of sp³-hybridized carbons (Fsp3) is 0.556. The maximum absolute atomic E-state index is 12.5. The summed E-state index contributed by atoms with van der Waals surface area (Å²) < 4.78 is 38.6. The molecule has 7 heteroatoms. The molecule has 0 aliphatic carbocycles. The van der Waals surface area contributed by atoms with E-state index in [2.05, 4.69) is 5.10 Å². The molecule has 0 spiro atoms. The van der Waals surface area contributed by atoms with Gasteiger partial charge in [-0.15, -0.1) is 0 Å². The molecule has 16 heavy (non-hydrogen) atoms. The number of hydrogen-bond donors (Lipinski definition) is 1. The summed E-state index contributed by atoms with van der Waals surface area (Å²) in [5.74, 6) is -0.232. The third-order valence-corrected chi connectivity index (χ3v) is 2.34. The standard InChI is InChI=1S/C9H11F3N4/c1-3-5(2)16-8(14)6(4-13)7(15-16)9(10,11)12/h5H,3,14H2,1-2H3/t5-/m0/s1. The van der Waals surface area contributed by atoms with Gasteiger partial charge in [0.1, 0.15) is 17.5 Å². The maximum Gasteiger partial charge on any atom is 0.436 e. The molecule has 0 saturated carbocycles. The number of nitrogens with two attached hydrogens (primary N) is 1. The Labute approximate surface area is 90.5 Å². The van der Waals surface area contributed by atoms with Gasteiger partial charge in [0.25, 0.3) is 0 Å². The second-order valence-electron chi connectivity index (χ2n) is 3.42. The van der Waals surface area contributed by atoms with Crippen LogP contribution in [0, 0.1) is 11.3 Å². The van der Waals surface area contributed by atoms with Crippen LogP contribution in [0.4, 0.5) is 19.0 Å². The lowest BCUT2D eigenvalue weighted by atomic mass is 10.2. The van der Waals surface area contributed by atoms with Crippen molar-refractivity contribution >= 4 is 5.82 Å². The first-order chi connectivity index (χ1) is 7.32. The van der Waals surface area contributed by atoms with Gasteiger partial charge in [0.15, 0.2) is 5.69 Å². The third kappa shape index (κ3) is 1.96. The average molecular weight is 232 g/mol. The molecule has 4 nitrogen and oxygen atoms in total. The molecule has 1 rings (SSSR count). The Bertz CT molecular complexity index is 427. The maximum atomic E-state index is 12.5. The summed E-state index contributed by atoms with van der Waals surface area (Å²) >= 11 is 0. The predicted octanol–water partition coefficient (Wildman–Crippen LogP) is 2.33. The largest absolute Gasteiger partial charge is 0.436 e. The monoisotopic (exact) mass is 232 g/mol. The van der Waals surface area contributed by atoms with Gasteiger partial charge in [0.2, 0.25) is 0 Å². The summed E-state index contributed by atoms with van der Waals surface area (Å²) in [5, 5.41) is 12.0. The predicted molar refractivity (Wildman–Crippen MR) is 51.4 cm³/mol. The molecule has 2 N–H and O–H groups in total. The first-order valence-electron chi connectivity index (χ1n) is 4.68. The van der Waals surface area contributed by atoms with Crippen LogP contribution < -0.4 is 5.73 Å². The topological polar surface area (TPSA) is 67.6 Å². The number of halogens is 3.